The molecule has 21 heavy (non-hydrogen) atoms. The third kappa shape index (κ3) is 3.66. The minimum atomic E-state index is -4.66. The monoisotopic (exact) mass is 342 g/mol. The van der Waals surface area contributed by atoms with E-state index in [4.69, 9.17) is 10.3 Å². The van der Waals surface area contributed by atoms with E-state index >= 15 is 0 Å². The topological polar surface area (TPSA) is 165 Å². The molecule has 0 spiro atoms. The summed E-state index contributed by atoms with van der Waals surface area (Å²) < 4.78 is 53.7. The minimum Gasteiger partial charge on any atom is -0.870 e. The molecule has 0 aliphatic heterocycles. The molecule has 0 aromatic heterocycles. The molecule has 2 rings (SSSR count). The molecule has 0 aliphatic carbocycles. The van der Waals surface area contributed by atoms with Gasteiger partial charge in [-0.3, -0.25) is 4.55 Å². The number of benzene rings is 2. The molecule has 11 heteroatoms. The summed E-state index contributed by atoms with van der Waals surface area (Å²) in [6.45, 7) is 0. The second-order valence-corrected chi connectivity index (χ2v) is 6.00. The Labute approximate surface area is 143 Å². The van der Waals surface area contributed by atoms with E-state index in [1.165, 1.54) is 18.2 Å². The summed E-state index contributed by atoms with van der Waals surface area (Å²) in [4.78, 5) is -1.14. The summed E-state index contributed by atoms with van der Waals surface area (Å²) in [5.74, 6) is -0.382. The van der Waals surface area contributed by atoms with E-state index in [1.807, 2.05) is 0 Å². The molecular formula is C10H9NNaO7S2-. The van der Waals surface area contributed by atoms with Crippen LogP contribution in [0.4, 0.5) is 5.69 Å². The van der Waals surface area contributed by atoms with Crippen LogP contribution in [0.5, 0.6) is 5.75 Å². The number of phenolic OH excluding ortho intramolecular Hbond substituents is 1. The fourth-order valence-electron chi connectivity index (χ4n) is 1.78. The van der Waals surface area contributed by atoms with Crippen molar-refractivity contribution >= 4 is 37.3 Å². The molecule has 0 bridgehead atoms. The molecular weight excluding hydrogens is 333 g/mol. The van der Waals surface area contributed by atoms with Crippen LogP contribution in [0.25, 0.3) is 10.8 Å². The molecule has 0 saturated carbocycles. The Kier molecular flexibility index (Phi) is 6.63. The summed E-state index contributed by atoms with van der Waals surface area (Å²) in [5.41, 5.74) is 5.32. The standard InChI is InChI=1S/C10H8NO6S2.Na.H2O/c11-10-7(18(13)14)4-8(19(15,16)17)5-2-1-3-6(12)9(5)10;;/h1-4,12H,11H2,(H,15,16,17);;1H2/q-1;+1;/p-1. The zero-order chi connectivity index (χ0) is 14.4. The summed E-state index contributed by atoms with van der Waals surface area (Å²) in [5, 5.41) is 9.49. The van der Waals surface area contributed by atoms with E-state index in [-0.39, 0.29) is 57.2 Å². The third-order valence-corrected chi connectivity index (χ3v) is 4.15. The van der Waals surface area contributed by atoms with Gasteiger partial charge in [0.2, 0.25) is 0 Å². The Balaban J connectivity index is 0.00000200. The molecule has 0 fully saturated rings. The van der Waals surface area contributed by atoms with E-state index in [2.05, 4.69) is 0 Å². The van der Waals surface area contributed by atoms with E-state index < -0.39 is 30.6 Å². The number of nitrogens with two attached hydrogens (primary N) is 1. The molecule has 8 nitrogen and oxygen atoms in total. The van der Waals surface area contributed by atoms with Crippen molar-refractivity contribution in [3.8, 4) is 5.75 Å². The molecule has 2 aromatic rings. The van der Waals surface area contributed by atoms with Gasteiger partial charge in [-0.05, 0) is 16.8 Å². The van der Waals surface area contributed by atoms with Crippen LogP contribution in [-0.4, -0.2) is 23.6 Å². The first-order valence-corrected chi connectivity index (χ1v) is 7.36. The fourth-order valence-corrected chi connectivity index (χ4v) is 3.06. The summed E-state index contributed by atoms with van der Waals surface area (Å²) in [6, 6.07) is 4.62. The Morgan fingerprint density at radius 3 is 2.24 bits per heavy atom. The van der Waals surface area contributed by atoms with E-state index in [0.29, 0.717) is 0 Å². The number of phenols is 1. The van der Waals surface area contributed by atoms with Gasteiger partial charge in [0.25, 0.3) is 10.1 Å². The van der Waals surface area contributed by atoms with Crippen LogP contribution in [0.15, 0.2) is 34.1 Å². The second kappa shape index (κ2) is 6.92. The van der Waals surface area contributed by atoms with E-state index in [0.717, 1.165) is 6.07 Å². The van der Waals surface area contributed by atoms with E-state index in [1.54, 1.807) is 0 Å². The van der Waals surface area contributed by atoms with Crippen LogP contribution >= 0.6 is 0 Å². The average molecular weight is 342 g/mol. The van der Waals surface area contributed by atoms with Crippen LogP contribution < -0.4 is 35.3 Å². The molecule has 0 amide bonds. The van der Waals surface area contributed by atoms with Crippen LogP contribution in [0.1, 0.15) is 0 Å². The van der Waals surface area contributed by atoms with Gasteiger partial charge in [-0.25, -0.2) is 0 Å². The number of hydrogen-bond acceptors (Lipinski definition) is 8. The van der Waals surface area contributed by atoms with Crippen LogP contribution in [0.2, 0.25) is 0 Å². The largest absolute Gasteiger partial charge is 1.00 e. The number of fused-ring (bicyclic) bond motifs is 1. The number of nitrogen functional groups attached to an aromatic ring is 1. The Morgan fingerprint density at radius 1 is 1.19 bits per heavy atom. The van der Waals surface area contributed by atoms with Gasteiger partial charge in [0.15, 0.2) is 0 Å². The maximum Gasteiger partial charge on any atom is 1.00 e. The van der Waals surface area contributed by atoms with Gasteiger partial charge in [0.05, 0.1) is 0 Å². The first kappa shape index (κ1) is 20.1. The van der Waals surface area contributed by atoms with Crippen molar-refractivity contribution in [1.29, 1.82) is 0 Å². The molecule has 0 radical (unpaired) electrons. The SMILES string of the molecule is Nc1c([S-](=O)=O)cc(S(=O)(=O)O)c2cccc(O)c12.[Na+].[OH-]. The number of rotatable bonds is 2. The van der Waals surface area contributed by atoms with Gasteiger partial charge in [0, 0.05) is 16.5 Å². The predicted octanol–water partition coefficient (Wildman–Crippen LogP) is -2.13. The normalized spacial score (nSPS) is 11.0. The zero-order valence-electron chi connectivity index (χ0n) is 10.7. The number of anilines is 1. The van der Waals surface area contributed by atoms with Gasteiger partial charge < -0.3 is 24.7 Å². The van der Waals surface area contributed by atoms with Crippen LogP contribution in [-0.2, 0) is 29.2 Å². The quantitative estimate of drug-likeness (QED) is 0.241. The Bertz CT molecular complexity index is 853. The average Bonchev–Trinajstić information content (AvgIpc) is 2.27. The van der Waals surface area contributed by atoms with Gasteiger partial charge in [-0.2, -0.15) is 8.42 Å². The first-order valence-electron chi connectivity index (χ1n) is 4.84. The fraction of sp³-hybridized carbons (Fsp3) is 0. The number of aromatic hydroxyl groups is 1. The van der Waals surface area contributed by atoms with Crippen molar-refractivity contribution < 1.29 is 61.5 Å². The first-order chi connectivity index (χ1) is 8.73. The zero-order valence-corrected chi connectivity index (χ0v) is 14.3. The molecule has 0 unspecified atom stereocenters. The van der Waals surface area contributed by atoms with Crippen molar-refractivity contribution in [2.75, 3.05) is 5.73 Å². The van der Waals surface area contributed by atoms with Gasteiger partial charge in [-0.1, -0.05) is 23.1 Å². The van der Waals surface area contributed by atoms with Crippen LogP contribution in [0, 0.1) is 0 Å². The number of hydrogen-bond donors (Lipinski definition) is 3. The van der Waals surface area contributed by atoms with Crippen LogP contribution in [0.3, 0.4) is 0 Å². The molecule has 0 atom stereocenters. The smallest absolute Gasteiger partial charge is 0.870 e. The van der Waals surface area contributed by atoms with Crippen molar-refractivity contribution in [3.63, 3.8) is 0 Å². The third-order valence-electron chi connectivity index (χ3n) is 2.56. The second-order valence-electron chi connectivity index (χ2n) is 3.70. The molecule has 0 aliphatic rings. The van der Waals surface area contributed by atoms with Crippen molar-refractivity contribution in [3.05, 3.63) is 24.3 Å². The Morgan fingerprint density at radius 2 is 1.76 bits per heavy atom. The maximum absolute atomic E-state index is 11.3. The minimum absolute atomic E-state index is 0. The molecule has 0 heterocycles. The van der Waals surface area contributed by atoms with Crippen molar-refractivity contribution in [2.45, 2.75) is 9.79 Å². The van der Waals surface area contributed by atoms with Gasteiger partial charge >= 0.3 is 29.6 Å². The summed E-state index contributed by atoms with van der Waals surface area (Å²) in [7, 11) is -7.47. The van der Waals surface area contributed by atoms with Gasteiger partial charge in [0.1, 0.15) is 10.6 Å². The summed E-state index contributed by atoms with van der Waals surface area (Å²) >= 11 is 0. The van der Waals surface area contributed by atoms with Crippen molar-refractivity contribution in [2.24, 2.45) is 0 Å². The molecule has 2 aromatic carbocycles. The predicted molar refractivity (Wildman–Crippen MR) is 68.8 cm³/mol. The maximum atomic E-state index is 11.3. The Hall–Kier alpha value is -0.880. The van der Waals surface area contributed by atoms with Gasteiger partial charge in [-0.15, -0.1) is 0 Å². The molecule has 110 valence electrons. The van der Waals surface area contributed by atoms with Crippen molar-refractivity contribution in [1.82, 2.24) is 0 Å². The molecule has 0 saturated heterocycles. The summed E-state index contributed by atoms with van der Waals surface area (Å²) in [6.07, 6.45) is 0. The van der Waals surface area contributed by atoms with E-state index in [9.17, 15) is 21.9 Å². The molecule has 5 N–H and O–H groups in total.